The highest BCUT2D eigenvalue weighted by Crippen LogP contribution is 2.20. The Hall–Kier alpha value is -2.75. The van der Waals surface area contributed by atoms with Crippen LogP contribution in [0.2, 0.25) is 0 Å². The van der Waals surface area contributed by atoms with Crippen molar-refractivity contribution in [1.82, 2.24) is 9.88 Å². The molecule has 1 fully saturated rings. The van der Waals surface area contributed by atoms with Gasteiger partial charge in [0.2, 0.25) is 5.91 Å². The van der Waals surface area contributed by atoms with Crippen molar-refractivity contribution in [1.29, 1.82) is 0 Å². The van der Waals surface area contributed by atoms with E-state index in [0.29, 0.717) is 38.4 Å². The van der Waals surface area contributed by atoms with Crippen LogP contribution in [0.4, 0.5) is 20.3 Å². The van der Waals surface area contributed by atoms with Crippen LogP contribution in [0.3, 0.4) is 0 Å². The van der Waals surface area contributed by atoms with Crippen LogP contribution < -0.4 is 9.62 Å². The average molecular weight is 424 g/mol. The molecule has 0 spiro atoms. The summed E-state index contributed by atoms with van der Waals surface area (Å²) < 4.78 is 53.4. The van der Waals surface area contributed by atoms with E-state index in [1.165, 1.54) is 12.3 Å². The quantitative estimate of drug-likeness (QED) is 0.798. The van der Waals surface area contributed by atoms with Gasteiger partial charge >= 0.3 is 0 Å². The van der Waals surface area contributed by atoms with Crippen molar-refractivity contribution in [2.24, 2.45) is 0 Å². The predicted molar refractivity (Wildman–Crippen MR) is 105 cm³/mol. The maximum Gasteiger partial charge on any atom is 0.263 e. The van der Waals surface area contributed by atoms with Gasteiger partial charge in [-0.25, -0.2) is 22.2 Å². The van der Waals surface area contributed by atoms with E-state index in [9.17, 15) is 22.0 Å². The van der Waals surface area contributed by atoms with E-state index >= 15 is 0 Å². The van der Waals surface area contributed by atoms with Gasteiger partial charge in [0.05, 0.1) is 5.69 Å². The number of nitrogens with one attached hydrogen (secondary N) is 1. The second-order valence-electron chi connectivity index (χ2n) is 6.66. The number of amides is 1. The summed E-state index contributed by atoms with van der Waals surface area (Å²) >= 11 is 0. The predicted octanol–water partition coefficient (Wildman–Crippen LogP) is 2.61. The number of rotatable bonds is 5. The summed E-state index contributed by atoms with van der Waals surface area (Å²) in [6.07, 6.45) is 2.48. The Bertz CT molecular complexity index is 983. The third kappa shape index (κ3) is 5.00. The van der Waals surface area contributed by atoms with E-state index in [0.717, 1.165) is 24.6 Å². The van der Waals surface area contributed by atoms with Gasteiger partial charge in [-0.3, -0.25) is 9.52 Å². The topological polar surface area (TPSA) is 82.6 Å². The zero-order valence-corrected chi connectivity index (χ0v) is 16.8. The minimum atomic E-state index is -3.99. The van der Waals surface area contributed by atoms with Gasteiger partial charge in [-0.1, -0.05) is 6.92 Å². The lowest BCUT2D eigenvalue weighted by Gasteiger charge is -2.22. The Morgan fingerprint density at radius 1 is 1.10 bits per heavy atom. The number of sulfonamides is 1. The van der Waals surface area contributed by atoms with Crippen molar-refractivity contribution >= 4 is 27.4 Å². The summed E-state index contributed by atoms with van der Waals surface area (Å²) in [6.45, 7) is 4.43. The zero-order valence-electron chi connectivity index (χ0n) is 15.9. The Kier molecular flexibility index (Phi) is 6.31. The Labute approximate surface area is 168 Å². The average Bonchev–Trinajstić information content (AvgIpc) is 2.96. The number of halogens is 2. The molecule has 1 N–H and O–H groups in total. The zero-order chi connectivity index (χ0) is 21.0. The first kappa shape index (κ1) is 21.0. The normalized spacial score (nSPS) is 15.1. The Balaban J connectivity index is 1.70. The molecule has 0 bridgehead atoms. The molecule has 0 unspecified atom stereocenters. The number of anilines is 2. The van der Waals surface area contributed by atoms with Crippen molar-refractivity contribution in [2.75, 3.05) is 35.8 Å². The summed E-state index contributed by atoms with van der Waals surface area (Å²) in [4.78, 5) is 19.9. The summed E-state index contributed by atoms with van der Waals surface area (Å²) in [5, 5.41) is 0. The lowest BCUT2D eigenvalue weighted by molar-refractivity contribution is -0.130. The van der Waals surface area contributed by atoms with Gasteiger partial charge in [-0.15, -0.1) is 0 Å². The molecular weight excluding hydrogens is 402 g/mol. The first-order chi connectivity index (χ1) is 13.8. The van der Waals surface area contributed by atoms with Gasteiger partial charge in [0.15, 0.2) is 11.6 Å². The maximum atomic E-state index is 13.3. The number of nitrogens with zero attached hydrogens (tertiary/aromatic N) is 3. The highest BCUT2D eigenvalue weighted by Gasteiger charge is 2.20. The molecule has 2 heterocycles. The molecule has 2 aromatic rings. The second kappa shape index (κ2) is 8.73. The van der Waals surface area contributed by atoms with Gasteiger partial charge in [-0.05, 0) is 30.7 Å². The molecule has 7 nitrogen and oxygen atoms in total. The summed E-state index contributed by atoms with van der Waals surface area (Å²) in [6, 6.07) is 5.76. The molecule has 1 aromatic carbocycles. The number of hydrogen-bond donors (Lipinski definition) is 1. The standard InChI is InChI=1S/C19H22F2N4O3S/c1-2-19(26)25-9-3-8-24(10-11-25)18-7-5-15(13-22-18)29(27,28)23-14-4-6-16(20)17(21)12-14/h4-7,12-13,23H,2-3,8-11H2,1H3. The molecule has 1 saturated heterocycles. The number of carbonyl (C=O) groups is 1. The molecule has 0 atom stereocenters. The van der Waals surface area contributed by atoms with Crippen molar-refractivity contribution in [2.45, 2.75) is 24.7 Å². The fourth-order valence-corrected chi connectivity index (χ4v) is 4.11. The van der Waals surface area contributed by atoms with E-state index in [4.69, 9.17) is 0 Å². The molecule has 3 rings (SSSR count). The minimum Gasteiger partial charge on any atom is -0.355 e. The number of aromatic nitrogens is 1. The number of pyridine rings is 1. The smallest absolute Gasteiger partial charge is 0.263 e. The van der Waals surface area contributed by atoms with Crippen LogP contribution in [0.15, 0.2) is 41.4 Å². The second-order valence-corrected chi connectivity index (χ2v) is 8.34. The molecule has 1 amide bonds. The molecule has 1 aliphatic heterocycles. The van der Waals surface area contributed by atoms with Crippen LogP contribution in [-0.2, 0) is 14.8 Å². The Morgan fingerprint density at radius 2 is 1.90 bits per heavy atom. The van der Waals surface area contributed by atoms with Crippen LogP contribution in [0.1, 0.15) is 19.8 Å². The lowest BCUT2D eigenvalue weighted by Crippen LogP contribution is -2.34. The van der Waals surface area contributed by atoms with Crippen LogP contribution in [0.5, 0.6) is 0 Å². The molecule has 1 aliphatic rings. The fraction of sp³-hybridized carbons (Fsp3) is 0.368. The summed E-state index contributed by atoms with van der Waals surface area (Å²) in [5.41, 5.74) is -0.0822. The van der Waals surface area contributed by atoms with Crippen LogP contribution in [0, 0.1) is 11.6 Å². The van der Waals surface area contributed by atoms with E-state index < -0.39 is 21.7 Å². The van der Waals surface area contributed by atoms with Crippen molar-refractivity contribution in [3.63, 3.8) is 0 Å². The molecule has 10 heteroatoms. The van der Waals surface area contributed by atoms with E-state index in [1.54, 1.807) is 6.07 Å². The van der Waals surface area contributed by atoms with E-state index in [2.05, 4.69) is 9.71 Å². The van der Waals surface area contributed by atoms with E-state index in [-0.39, 0.29) is 16.5 Å². The van der Waals surface area contributed by atoms with Gasteiger partial charge in [0.1, 0.15) is 10.7 Å². The monoisotopic (exact) mass is 424 g/mol. The van der Waals surface area contributed by atoms with Gasteiger partial charge < -0.3 is 9.80 Å². The first-order valence-electron chi connectivity index (χ1n) is 9.27. The maximum absolute atomic E-state index is 13.3. The number of hydrogen-bond acceptors (Lipinski definition) is 5. The summed E-state index contributed by atoms with van der Waals surface area (Å²) in [7, 11) is -3.99. The van der Waals surface area contributed by atoms with Crippen molar-refractivity contribution in [3.05, 3.63) is 48.2 Å². The minimum absolute atomic E-state index is 0.0822. The molecule has 1 aromatic heterocycles. The SMILES string of the molecule is CCC(=O)N1CCCN(c2ccc(S(=O)(=O)Nc3ccc(F)c(F)c3)cn2)CC1. The van der Waals surface area contributed by atoms with Gasteiger partial charge in [0.25, 0.3) is 10.0 Å². The van der Waals surface area contributed by atoms with E-state index in [1.807, 2.05) is 16.7 Å². The first-order valence-corrected chi connectivity index (χ1v) is 10.7. The molecule has 0 aliphatic carbocycles. The molecular formula is C19H22F2N4O3S. The van der Waals surface area contributed by atoms with Crippen molar-refractivity contribution in [3.8, 4) is 0 Å². The van der Waals surface area contributed by atoms with Crippen LogP contribution >= 0.6 is 0 Å². The van der Waals surface area contributed by atoms with Crippen LogP contribution in [0.25, 0.3) is 0 Å². The molecule has 0 saturated carbocycles. The van der Waals surface area contributed by atoms with Crippen molar-refractivity contribution < 1.29 is 22.0 Å². The largest absolute Gasteiger partial charge is 0.355 e. The van der Waals surface area contributed by atoms with Gasteiger partial charge in [0, 0.05) is 44.9 Å². The number of carbonyl (C=O) groups excluding carboxylic acids is 1. The lowest BCUT2D eigenvalue weighted by atomic mass is 10.3. The van der Waals surface area contributed by atoms with Crippen LogP contribution in [-0.4, -0.2) is 50.4 Å². The highest BCUT2D eigenvalue weighted by atomic mass is 32.2. The third-order valence-electron chi connectivity index (χ3n) is 4.68. The fourth-order valence-electron chi connectivity index (χ4n) is 3.11. The third-order valence-corrected chi connectivity index (χ3v) is 6.04. The summed E-state index contributed by atoms with van der Waals surface area (Å²) in [5.74, 6) is -1.47. The molecule has 0 radical (unpaired) electrons. The number of benzene rings is 1. The Morgan fingerprint density at radius 3 is 2.55 bits per heavy atom. The molecule has 156 valence electrons. The van der Waals surface area contributed by atoms with Gasteiger partial charge in [-0.2, -0.15) is 0 Å². The molecule has 29 heavy (non-hydrogen) atoms. The highest BCUT2D eigenvalue weighted by molar-refractivity contribution is 7.92.